The number of nitrogens with zero attached hydrogens (tertiary/aromatic N) is 1. The molecule has 0 radical (unpaired) electrons. The van der Waals surface area contributed by atoms with Gasteiger partial charge in [0.05, 0.1) is 5.69 Å². The van der Waals surface area contributed by atoms with Crippen LogP contribution in [0.2, 0.25) is 0 Å². The van der Waals surface area contributed by atoms with Crippen molar-refractivity contribution in [2.75, 3.05) is 0 Å². The minimum Gasteiger partial charge on any atom is -0.306 e. The lowest BCUT2D eigenvalue weighted by molar-refractivity contribution is 0.861. The summed E-state index contributed by atoms with van der Waals surface area (Å²) in [5, 5.41) is 2.31. The van der Waals surface area contributed by atoms with Crippen LogP contribution in [0.1, 0.15) is 19.0 Å². The van der Waals surface area contributed by atoms with Crippen LogP contribution in [0.3, 0.4) is 0 Å². The first-order chi connectivity index (χ1) is 10.2. The number of aromatic nitrogens is 2. The number of hydrogen-bond donors (Lipinski definition) is 1. The summed E-state index contributed by atoms with van der Waals surface area (Å²) in [6.07, 6.45) is 1.73. The van der Waals surface area contributed by atoms with Crippen LogP contribution < -0.4 is 5.56 Å². The fourth-order valence-electron chi connectivity index (χ4n) is 2.38. The van der Waals surface area contributed by atoms with E-state index < -0.39 is 0 Å². The molecule has 0 aliphatic carbocycles. The molecule has 106 valence electrons. The molecule has 3 nitrogen and oxygen atoms in total. The number of halogens is 1. The van der Waals surface area contributed by atoms with Gasteiger partial charge in [-0.1, -0.05) is 49.7 Å². The molecule has 0 spiro atoms. The van der Waals surface area contributed by atoms with Crippen molar-refractivity contribution in [1.29, 1.82) is 0 Å². The predicted molar refractivity (Wildman–Crippen MR) is 89.5 cm³/mol. The summed E-state index contributed by atoms with van der Waals surface area (Å²) in [7, 11) is 0. The Kier molecular flexibility index (Phi) is 3.88. The Morgan fingerprint density at radius 3 is 2.67 bits per heavy atom. The first-order valence-electron chi connectivity index (χ1n) is 6.97. The molecule has 0 bridgehead atoms. The third-order valence-electron chi connectivity index (χ3n) is 3.44. The molecule has 4 heteroatoms. The molecular formula is C17H15BrN2O. The van der Waals surface area contributed by atoms with E-state index in [1.54, 1.807) is 0 Å². The lowest BCUT2D eigenvalue weighted by atomic mass is 10.1. The van der Waals surface area contributed by atoms with Gasteiger partial charge < -0.3 is 4.98 Å². The van der Waals surface area contributed by atoms with Gasteiger partial charge in [-0.3, -0.25) is 4.79 Å². The smallest absolute Gasteiger partial charge is 0.265 e. The average Bonchev–Trinajstić information content (AvgIpc) is 2.51. The molecule has 1 aromatic heterocycles. The zero-order chi connectivity index (χ0) is 14.8. The van der Waals surface area contributed by atoms with Gasteiger partial charge in [0.2, 0.25) is 0 Å². The van der Waals surface area contributed by atoms with Crippen LogP contribution in [0.4, 0.5) is 0 Å². The van der Waals surface area contributed by atoms with Crippen LogP contribution in [0, 0.1) is 0 Å². The fourth-order valence-corrected chi connectivity index (χ4v) is 2.77. The van der Waals surface area contributed by atoms with Crippen LogP contribution >= 0.6 is 15.9 Å². The van der Waals surface area contributed by atoms with Crippen LogP contribution in [-0.2, 0) is 6.42 Å². The van der Waals surface area contributed by atoms with Crippen molar-refractivity contribution in [3.63, 3.8) is 0 Å². The van der Waals surface area contributed by atoms with Crippen LogP contribution in [0.25, 0.3) is 22.2 Å². The zero-order valence-corrected chi connectivity index (χ0v) is 13.3. The van der Waals surface area contributed by atoms with Crippen molar-refractivity contribution in [3.05, 3.63) is 63.0 Å². The van der Waals surface area contributed by atoms with Crippen molar-refractivity contribution in [2.45, 2.75) is 19.8 Å². The summed E-state index contributed by atoms with van der Waals surface area (Å²) in [6.45, 7) is 2.07. The molecule has 3 aromatic rings. The second kappa shape index (κ2) is 5.82. The van der Waals surface area contributed by atoms with E-state index in [2.05, 4.69) is 51.0 Å². The molecule has 0 saturated heterocycles. The molecule has 0 atom stereocenters. The number of benzene rings is 2. The highest BCUT2D eigenvalue weighted by Gasteiger charge is 2.10. The molecule has 1 heterocycles. The summed E-state index contributed by atoms with van der Waals surface area (Å²) in [5.74, 6) is 0.623. The summed E-state index contributed by atoms with van der Waals surface area (Å²) >= 11 is 3.32. The Morgan fingerprint density at radius 1 is 1.14 bits per heavy atom. The number of rotatable bonds is 3. The van der Waals surface area contributed by atoms with E-state index >= 15 is 0 Å². The lowest BCUT2D eigenvalue weighted by Crippen LogP contribution is -2.13. The maximum Gasteiger partial charge on any atom is 0.265 e. The second-order valence-corrected chi connectivity index (χ2v) is 5.78. The standard InChI is InChI=1S/C17H15BrN2O/c1-2-5-14-15(18)17(21)20-16(19-14)13-9-8-11-6-3-4-7-12(11)10-13/h3-4,6-10H,2,5H2,1H3,(H,19,20,21). The molecular weight excluding hydrogens is 328 g/mol. The Bertz CT molecular complexity index is 855. The summed E-state index contributed by atoms with van der Waals surface area (Å²) < 4.78 is 0.536. The molecule has 0 amide bonds. The third kappa shape index (κ3) is 2.76. The van der Waals surface area contributed by atoms with E-state index in [9.17, 15) is 4.79 Å². The number of hydrogen-bond acceptors (Lipinski definition) is 2. The van der Waals surface area contributed by atoms with E-state index in [-0.39, 0.29) is 5.56 Å². The summed E-state index contributed by atoms with van der Waals surface area (Å²) in [5.41, 5.74) is 1.61. The molecule has 0 saturated carbocycles. The maximum atomic E-state index is 12.0. The van der Waals surface area contributed by atoms with Gasteiger partial charge in [0.15, 0.2) is 0 Å². The van der Waals surface area contributed by atoms with E-state index in [1.165, 1.54) is 5.39 Å². The number of aryl methyl sites for hydroxylation is 1. The molecule has 0 aliphatic rings. The van der Waals surface area contributed by atoms with Crippen LogP contribution in [-0.4, -0.2) is 9.97 Å². The third-order valence-corrected chi connectivity index (χ3v) is 4.26. The van der Waals surface area contributed by atoms with E-state index in [0.29, 0.717) is 10.3 Å². The molecule has 2 aromatic carbocycles. The number of H-pyrrole nitrogens is 1. The lowest BCUT2D eigenvalue weighted by Gasteiger charge is -2.07. The van der Waals surface area contributed by atoms with Gasteiger partial charge in [-0.15, -0.1) is 0 Å². The van der Waals surface area contributed by atoms with Crippen LogP contribution in [0.15, 0.2) is 51.7 Å². The summed E-state index contributed by atoms with van der Waals surface area (Å²) in [6, 6.07) is 14.2. The van der Waals surface area contributed by atoms with Gasteiger partial charge in [-0.25, -0.2) is 4.98 Å². The number of nitrogens with one attached hydrogen (secondary N) is 1. The topological polar surface area (TPSA) is 45.8 Å². The highest BCUT2D eigenvalue weighted by molar-refractivity contribution is 9.10. The second-order valence-electron chi connectivity index (χ2n) is 4.99. The van der Waals surface area contributed by atoms with Crippen molar-refractivity contribution < 1.29 is 0 Å². The van der Waals surface area contributed by atoms with E-state index in [1.807, 2.05) is 24.3 Å². The van der Waals surface area contributed by atoms with Crippen molar-refractivity contribution in [3.8, 4) is 11.4 Å². The minimum atomic E-state index is -0.128. The molecule has 21 heavy (non-hydrogen) atoms. The van der Waals surface area contributed by atoms with Gasteiger partial charge in [0.25, 0.3) is 5.56 Å². The normalized spacial score (nSPS) is 11.0. The quantitative estimate of drug-likeness (QED) is 0.770. The average molecular weight is 343 g/mol. The monoisotopic (exact) mass is 342 g/mol. The first kappa shape index (κ1) is 14.0. The summed E-state index contributed by atoms with van der Waals surface area (Å²) in [4.78, 5) is 19.5. The SMILES string of the molecule is CCCc1nc(-c2ccc3ccccc3c2)[nH]c(=O)c1Br. The maximum absolute atomic E-state index is 12.0. The van der Waals surface area contributed by atoms with E-state index in [4.69, 9.17) is 0 Å². The largest absolute Gasteiger partial charge is 0.306 e. The van der Waals surface area contributed by atoms with Crippen LogP contribution in [0.5, 0.6) is 0 Å². The van der Waals surface area contributed by atoms with Gasteiger partial charge in [0.1, 0.15) is 10.3 Å². The Labute approximate surface area is 131 Å². The molecule has 1 N–H and O–H groups in total. The highest BCUT2D eigenvalue weighted by atomic mass is 79.9. The predicted octanol–water partition coefficient (Wildman–Crippen LogP) is 4.31. The molecule has 3 rings (SSSR count). The van der Waals surface area contributed by atoms with Gasteiger partial charge in [-0.2, -0.15) is 0 Å². The zero-order valence-electron chi connectivity index (χ0n) is 11.7. The van der Waals surface area contributed by atoms with Crippen molar-refractivity contribution in [2.24, 2.45) is 0 Å². The highest BCUT2D eigenvalue weighted by Crippen LogP contribution is 2.22. The van der Waals surface area contributed by atoms with Gasteiger partial charge in [-0.05, 0) is 39.2 Å². The van der Waals surface area contributed by atoms with E-state index in [0.717, 1.165) is 29.5 Å². The fraction of sp³-hybridized carbons (Fsp3) is 0.176. The van der Waals surface area contributed by atoms with Gasteiger partial charge >= 0.3 is 0 Å². The van der Waals surface area contributed by atoms with Crippen molar-refractivity contribution in [1.82, 2.24) is 9.97 Å². The Balaban J connectivity index is 2.15. The first-order valence-corrected chi connectivity index (χ1v) is 7.76. The molecule has 0 fully saturated rings. The van der Waals surface area contributed by atoms with Crippen molar-refractivity contribution >= 4 is 26.7 Å². The Hall–Kier alpha value is -1.94. The van der Waals surface area contributed by atoms with Gasteiger partial charge in [0, 0.05) is 5.56 Å². The Morgan fingerprint density at radius 2 is 1.90 bits per heavy atom. The minimum absolute atomic E-state index is 0.128. The number of aromatic amines is 1. The number of fused-ring (bicyclic) bond motifs is 1. The molecule has 0 aliphatic heterocycles. The molecule has 0 unspecified atom stereocenters.